The maximum atomic E-state index is 11.1. The van der Waals surface area contributed by atoms with Crippen molar-refractivity contribution in [3.8, 4) is 0 Å². The molecule has 0 amide bonds. The summed E-state index contributed by atoms with van der Waals surface area (Å²) in [5, 5.41) is 14.3. The van der Waals surface area contributed by atoms with Gasteiger partial charge in [-0.2, -0.15) is 0 Å². The van der Waals surface area contributed by atoms with E-state index < -0.39 is 0 Å². The predicted octanol–water partition coefficient (Wildman–Crippen LogP) is 3.78. The molecule has 5 nitrogen and oxygen atoms in total. The molecule has 0 saturated carbocycles. The van der Waals surface area contributed by atoms with Gasteiger partial charge in [0.25, 0.3) is 5.69 Å². The molecule has 0 heterocycles. The standard InChI is InChI=1S/C15H25N3O2.ClH/c1-5-17(6-2)9-7-8-16-14-10-12(3)13(4)11-15(14)18(19)20;/h10-11,16H,5-9H2,1-4H3;1H. The first kappa shape index (κ1) is 19.7. The van der Waals surface area contributed by atoms with Crippen molar-refractivity contribution in [2.24, 2.45) is 0 Å². The maximum Gasteiger partial charge on any atom is 0.292 e. The van der Waals surface area contributed by atoms with E-state index in [1.165, 1.54) is 0 Å². The van der Waals surface area contributed by atoms with Crippen molar-refractivity contribution in [1.82, 2.24) is 4.90 Å². The topological polar surface area (TPSA) is 58.4 Å². The first-order valence-corrected chi connectivity index (χ1v) is 7.21. The number of nitro benzene ring substituents is 1. The molecule has 0 aliphatic carbocycles. The molecule has 1 aromatic carbocycles. The molecule has 0 aromatic heterocycles. The molecule has 1 rings (SSSR count). The van der Waals surface area contributed by atoms with Crippen LogP contribution in [0.25, 0.3) is 0 Å². The van der Waals surface area contributed by atoms with Crippen molar-refractivity contribution < 1.29 is 4.92 Å². The number of nitrogens with one attached hydrogen (secondary N) is 1. The molecule has 0 radical (unpaired) electrons. The summed E-state index contributed by atoms with van der Waals surface area (Å²) < 4.78 is 0. The predicted molar refractivity (Wildman–Crippen MR) is 90.7 cm³/mol. The van der Waals surface area contributed by atoms with Crippen molar-refractivity contribution in [1.29, 1.82) is 0 Å². The lowest BCUT2D eigenvalue weighted by Crippen LogP contribution is -2.25. The average molecular weight is 316 g/mol. The average Bonchev–Trinajstić information content (AvgIpc) is 2.42. The van der Waals surface area contributed by atoms with Crippen LogP contribution < -0.4 is 5.32 Å². The zero-order valence-electron chi connectivity index (χ0n) is 13.3. The Labute approximate surface area is 133 Å². The molecule has 1 N–H and O–H groups in total. The fraction of sp³-hybridized carbons (Fsp3) is 0.600. The molecule has 0 spiro atoms. The van der Waals surface area contributed by atoms with Crippen molar-refractivity contribution in [2.45, 2.75) is 34.1 Å². The van der Waals surface area contributed by atoms with Gasteiger partial charge in [-0.1, -0.05) is 13.8 Å². The Morgan fingerprint density at radius 1 is 1.19 bits per heavy atom. The fourth-order valence-electron chi connectivity index (χ4n) is 2.16. The highest BCUT2D eigenvalue weighted by Crippen LogP contribution is 2.27. The van der Waals surface area contributed by atoms with Crippen LogP contribution in [0.4, 0.5) is 11.4 Å². The van der Waals surface area contributed by atoms with E-state index in [-0.39, 0.29) is 23.0 Å². The summed E-state index contributed by atoms with van der Waals surface area (Å²) in [6.45, 7) is 12.0. The van der Waals surface area contributed by atoms with Crippen molar-refractivity contribution in [3.63, 3.8) is 0 Å². The minimum atomic E-state index is -0.320. The zero-order valence-corrected chi connectivity index (χ0v) is 14.1. The minimum absolute atomic E-state index is 0. The molecule has 0 unspecified atom stereocenters. The lowest BCUT2D eigenvalue weighted by atomic mass is 10.1. The van der Waals surface area contributed by atoms with Crippen LogP contribution in [0, 0.1) is 24.0 Å². The summed E-state index contributed by atoms with van der Waals surface area (Å²) >= 11 is 0. The Morgan fingerprint density at radius 2 is 1.76 bits per heavy atom. The second-order valence-corrected chi connectivity index (χ2v) is 5.02. The summed E-state index contributed by atoms with van der Waals surface area (Å²) in [6, 6.07) is 3.51. The minimum Gasteiger partial charge on any atom is -0.379 e. The van der Waals surface area contributed by atoms with Crippen LogP contribution in [-0.2, 0) is 0 Å². The van der Waals surface area contributed by atoms with E-state index >= 15 is 0 Å². The lowest BCUT2D eigenvalue weighted by Gasteiger charge is -2.18. The van der Waals surface area contributed by atoms with E-state index in [4.69, 9.17) is 0 Å². The van der Waals surface area contributed by atoms with Crippen LogP contribution in [0.3, 0.4) is 0 Å². The second kappa shape index (κ2) is 9.58. The Morgan fingerprint density at radius 3 is 2.29 bits per heavy atom. The van der Waals surface area contributed by atoms with Gasteiger partial charge in [0.05, 0.1) is 4.92 Å². The fourth-order valence-corrected chi connectivity index (χ4v) is 2.16. The van der Waals surface area contributed by atoms with Gasteiger partial charge in [-0.25, -0.2) is 0 Å². The number of halogens is 1. The van der Waals surface area contributed by atoms with Gasteiger partial charge >= 0.3 is 0 Å². The van der Waals surface area contributed by atoms with Crippen LogP contribution >= 0.6 is 12.4 Å². The molecular formula is C15H26ClN3O2. The van der Waals surface area contributed by atoms with Gasteiger partial charge in [-0.15, -0.1) is 12.4 Å². The number of hydrogen-bond donors (Lipinski definition) is 1. The summed E-state index contributed by atoms with van der Waals surface area (Å²) in [5.74, 6) is 0. The Kier molecular flexibility index (Phi) is 8.97. The van der Waals surface area contributed by atoms with E-state index in [1.54, 1.807) is 6.07 Å². The Bertz CT molecular complexity index is 462. The number of aryl methyl sites for hydroxylation is 2. The molecule has 21 heavy (non-hydrogen) atoms. The molecule has 120 valence electrons. The van der Waals surface area contributed by atoms with Crippen molar-refractivity contribution in [3.05, 3.63) is 33.4 Å². The summed E-state index contributed by atoms with van der Waals surface area (Å²) in [7, 11) is 0. The number of hydrogen-bond acceptors (Lipinski definition) is 4. The summed E-state index contributed by atoms with van der Waals surface area (Å²) in [4.78, 5) is 13.1. The number of rotatable bonds is 8. The van der Waals surface area contributed by atoms with Gasteiger partial charge in [-0.05, 0) is 57.1 Å². The number of nitrogens with zero attached hydrogens (tertiary/aromatic N) is 2. The summed E-state index contributed by atoms with van der Waals surface area (Å²) in [5.41, 5.74) is 2.81. The number of anilines is 1. The van der Waals surface area contributed by atoms with Crippen LogP contribution in [0.2, 0.25) is 0 Å². The van der Waals surface area contributed by atoms with Crippen LogP contribution in [0.1, 0.15) is 31.4 Å². The zero-order chi connectivity index (χ0) is 15.1. The molecule has 1 aromatic rings. The first-order chi connectivity index (χ1) is 9.49. The highest BCUT2D eigenvalue weighted by molar-refractivity contribution is 5.85. The molecule has 0 atom stereocenters. The van der Waals surface area contributed by atoms with Crippen LogP contribution in [0.5, 0.6) is 0 Å². The van der Waals surface area contributed by atoms with Gasteiger partial charge in [0.15, 0.2) is 0 Å². The monoisotopic (exact) mass is 315 g/mol. The molecule has 0 bridgehead atoms. The quantitative estimate of drug-likeness (QED) is 0.450. The van der Waals surface area contributed by atoms with E-state index in [0.29, 0.717) is 5.69 Å². The lowest BCUT2D eigenvalue weighted by molar-refractivity contribution is -0.384. The number of benzene rings is 1. The molecule has 0 saturated heterocycles. The Balaban J connectivity index is 0.00000400. The molecule has 0 aliphatic rings. The van der Waals surface area contributed by atoms with Gasteiger partial charge < -0.3 is 10.2 Å². The van der Waals surface area contributed by atoms with E-state index in [1.807, 2.05) is 19.9 Å². The normalized spacial score (nSPS) is 10.3. The first-order valence-electron chi connectivity index (χ1n) is 7.21. The maximum absolute atomic E-state index is 11.1. The molecule has 0 fully saturated rings. The molecule has 6 heteroatoms. The SMILES string of the molecule is CCN(CC)CCCNc1cc(C)c(C)cc1[N+](=O)[O-].Cl. The van der Waals surface area contributed by atoms with Crippen LogP contribution in [0.15, 0.2) is 12.1 Å². The molecular weight excluding hydrogens is 290 g/mol. The van der Waals surface area contributed by atoms with Crippen LogP contribution in [-0.4, -0.2) is 36.0 Å². The molecule has 0 aliphatic heterocycles. The van der Waals surface area contributed by atoms with Crippen molar-refractivity contribution in [2.75, 3.05) is 31.5 Å². The van der Waals surface area contributed by atoms with Gasteiger partial charge in [0, 0.05) is 12.6 Å². The van der Waals surface area contributed by atoms with Crippen molar-refractivity contribution >= 4 is 23.8 Å². The highest BCUT2D eigenvalue weighted by Gasteiger charge is 2.14. The Hall–Kier alpha value is -1.33. The van der Waals surface area contributed by atoms with E-state index in [9.17, 15) is 10.1 Å². The third kappa shape index (κ3) is 5.89. The number of nitro groups is 1. The smallest absolute Gasteiger partial charge is 0.292 e. The third-order valence-electron chi connectivity index (χ3n) is 3.67. The van der Waals surface area contributed by atoms with Gasteiger partial charge in [-0.3, -0.25) is 10.1 Å². The highest BCUT2D eigenvalue weighted by atomic mass is 35.5. The second-order valence-electron chi connectivity index (χ2n) is 5.02. The summed E-state index contributed by atoms with van der Waals surface area (Å²) in [6.07, 6.45) is 0.978. The largest absolute Gasteiger partial charge is 0.379 e. The third-order valence-corrected chi connectivity index (χ3v) is 3.67. The van der Waals surface area contributed by atoms with E-state index in [0.717, 1.165) is 43.7 Å². The van der Waals surface area contributed by atoms with Gasteiger partial charge in [0.1, 0.15) is 5.69 Å². The van der Waals surface area contributed by atoms with Gasteiger partial charge in [0.2, 0.25) is 0 Å². The van der Waals surface area contributed by atoms with E-state index in [2.05, 4.69) is 24.1 Å².